The summed E-state index contributed by atoms with van der Waals surface area (Å²) in [6.07, 6.45) is 4.35. The summed E-state index contributed by atoms with van der Waals surface area (Å²) in [7, 11) is 0. The molecule has 1 heterocycles. The second kappa shape index (κ2) is 8.74. The Kier molecular flexibility index (Phi) is 6.33. The number of unbranched alkanes of at least 4 members (excludes halogenated alkanes) is 1. The predicted molar refractivity (Wildman–Crippen MR) is 109 cm³/mol. The second-order valence-electron chi connectivity index (χ2n) is 7.43. The molecule has 4 nitrogen and oxygen atoms in total. The molecule has 0 fully saturated rings. The number of nitrogens with two attached hydrogens (primary N) is 1. The molecule has 1 amide bonds. The number of hydrogen-bond donors (Lipinski definition) is 2. The van der Waals surface area contributed by atoms with Gasteiger partial charge in [0, 0.05) is 19.0 Å². The Bertz CT molecular complexity index is 929. The summed E-state index contributed by atoms with van der Waals surface area (Å²) in [5, 5.41) is 10.1. The van der Waals surface area contributed by atoms with Crippen molar-refractivity contribution in [1.82, 2.24) is 4.90 Å². The van der Waals surface area contributed by atoms with Gasteiger partial charge in [0.2, 0.25) is 5.91 Å². The molecule has 154 valence electrons. The molecular weight excluding hydrogens is 374 g/mol. The molecule has 0 saturated carbocycles. The third kappa shape index (κ3) is 4.32. The Balaban J connectivity index is 2.20. The lowest BCUT2D eigenvalue weighted by Gasteiger charge is -2.46. The molecule has 6 heteroatoms. The van der Waals surface area contributed by atoms with Gasteiger partial charge in [0.25, 0.3) is 0 Å². The summed E-state index contributed by atoms with van der Waals surface area (Å²) in [5.74, 6) is -1.04. The molecular formula is C23H26F2N2O2. The normalized spacial score (nSPS) is 19.2. The van der Waals surface area contributed by atoms with Crippen LogP contribution in [0.1, 0.15) is 43.7 Å². The minimum absolute atomic E-state index is 0.0849. The number of rotatable bonds is 6. The van der Waals surface area contributed by atoms with E-state index >= 15 is 0 Å². The van der Waals surface area contributed by atoms with Gasteiger partial charge >= 0.3 is 0 Å². The Labute approximate surface area is 169 Å². The molecule has 29 heavy (non-hydrogen) atoms. The maximum Gasteiger partial charge on any atom is 0.220 e. The largest absolute Gasteiger partial charge is 0.508 e. The zero-order chi connectivity index (χ0) is 21.0. The average molecular weight is 400 g/mol. The van der Waals surface area contributed by atoms with Crippen LogP contribution < -0.4 is 5.73 Å². The number of carbonyl (C=O) groups is 1. The van der Waals surface area contributed by atoms with Gasteiger partial charge in [-0.3, -0.25) is 4.79 Å². The van der Waals surface area contributed by atoms with Crippen LogP contribution in [0.4, 0.5) is 8.78 Å². The number of carbonyl (C=O) groups excluding carboxylic acids is 1. The molecule has 0 bridgehead atoms. The van der Waals surface area contributed by atoms with E-state index in [1.54, 1.807) is 23.1 Å². The molecule has 3 N–H and O–H groups in total. The maximum atomic E-state index is 14.5. The summed E-state index contributed by atoms with van der Waals surface area (Å²) >= 11 is 0. The highest BCUT2D eigenvalue weighted by Gasteiger charge is 2.41. The Morgan fingerprint density at radius 3 is 2.69 bits per heavy atom. The lowest BCUT2D eigenvalue weighted by molar-refractivity contribution is -0.134. The van der Waals surface area contributed by atoms with Gasteiger partial charge in [-0.25, -0.2) is 8.78 Å². The smallest absolute Gasteiger partial charge is 0.220 e. The van der Waals surface area contributed by atoms with Gasteiger partial charge in [0.15, 0.2) is 0 Å². The van der Waals surface area contributed by atoms with Gasteiger partial charge in [0.05, 0.1) is 5.54 Å². The van der Waals surface area contributed by atoms with E-state index in [0.29, 0.717) is 31.5 Å². The first-order chi connectivity index (χ1) is 13.9. The van der Waals surface area contributed by atoms with Crippen molar-refractivity contribution < 1.29 is 18.7 Å². The van der Waals surface area contributed by atoms with Crippen LogP contribution in [-0.2, 0) is 10.3 Å². The highest BCUT2D eigenvalue weighted by molar-refractivity contribution is 5.78. The predicted octanol–water partition coefficient (Wildman–Crippen LogP) is 4.33. The number of nitrogens with zero attached hydrogens (tertiary/aromatic N) is 1. The van der Waals surface area contributed by atoms with Gasteiger partial charge in [-0.1, -0.05) is 18.2 Å². The molecule has 0 radical (unpaired) electrons. The minimum Gasteiger partial charge on any atom is -0.508 e. The molecule has 1 aliphatic rings. The fourth-order valence-electron chi connectivity index (χ4n) is 4.17. The van der Waals surface area contributed by atoms with E-state index in [9.17, 15) is 18.7 Å². The summed E-state index contributed by atoms with van der Waals surface area (Å²) in [6, 6.07) is 10.2. The van der Waals surface area contributed by atoms with Gasteiger partial charge in [-0.15, -0.1) is 0 Å². The number of phenolic OH excluding ortho intramolecular Hbond substituents is 1. The summed E-state index contributed by atoms with van der Waals surface area (Å²) < 4.78 is 28.3. The third-order valence-electron chi connectivity index (χ3n) is 5.51. The SMILES string of the molecule is CC(=O)N1CCC(c2cc(F)ccc2F)=CC1(CCCCN)c1cccc(O)c1. The first-order valence-electron chi connectivity index (χ1n) is 9.82. The van der Waals surface area contributed by atoms with Crippen molar-refractivity contribution in [2.24, 2.45) is 5.73 Å². The summed E-state index contributed by atoms with van der Waals surface area (Å²) in [6.45, 7) is 2.39. The number of amides is 1. The maximum absolute atomic E-state index is 14.5. The Morgan fingerprint density at radius 1 is 1.21 bits per heavy atom. The van der Waals surface area contributed by atoms with E-state index in [1.807, 2.05) is 12.1 Å². The van der Waals surface area contributed by atoms with E-state index in [0.717, 1.165) is 30.5 Å². The first-order valence-corrected chi connectivity index (χ1v) is 9.82. The number of hydrogen-bond acceptors (Lipinski definition) is 3. The highest BCUT2D eigenvalue weighted by Crippen LogP contribution is 2.43. The lowest BCUT2D eigenvalue weighted by atomic mass is 9.77. The van der Waals surface area contributed by atoms with E-state index in [2.05, 4.69) is 0 Å². The third-order valence-corrected chi connectivity index (χ3v) is 5.51. The van der Waals surface area contributed by atoms with Crippen LogP contribution in [0.25, 0.3) is 5.57 Å². The van der Waals surface area contributed by atoms with Crippen LogP contribution in [0.5, 0.6) is 5.75 Å². The summed E-state index contributed by atoms with van der Waals surface area (Å²) in [5.41, 5.74) is 6.39. The average Bonchev–Trinajstić information content (AvgIpc) is 2.69. The molecule has 1 aliphatic heterocycles. The lowest BCUT2D eigenvalue weighted by Crippen LogP contribution is -2.50. The van der Waals surface area contributed by atoms with Gasteiger partial charge in [-0.2, -0.15) is 0 Å². The van der Waals surface area contributed by atoms with Crippen molar-refractivity contribution >= 4 is 11.5 Å². The van der Waals surface area contributed by atoms with Crippen molar-refractivity contribution in [3.05, 3.63) is 71.3 Å². The van der Waals surface area contributed by atoms with Crippen molar-refractivity contribution in [3.63, 3.8) is 0 Å². The minimum atomic E-state index is -0.869. The monoisotopic (exact) mass is 400 g/mol. The zero-order valence-corrected chi connectivity index (χ0v) is 16.5. The first kappa shape index (κ1) is 21.0. The second-order valence-corrected chi connectivity index (χ2v) is 7.43. The van der Waals surface area contributed by atoms with Gasteiger partial charge in [0.1, 0.15) is 17.4 Å². The number of phenols is 1. The molecule has 0 spiro atoms. The standard InChI is InChI=1S/C23H26F2N2O2/c1-16(28)27-12-9-17(21-14-19(24)7-8-22(21)25)15-23(27,10-2-3-11-26)18-5-4-6-20(29)13-18/h4-8,13-15,29H,2-3,9-12,26H2,1H3. The van der Waals surface area contributed by atoms with Crippen LogP contribution in [0, 0.1) is 11.6 Å². The van der Waals surface area contributed by atoms with Crippen LogP contribution in [0.3, 0.4) is 0 Å². The van der Waals surface area contributed by atoms with E-state index in [4.69, 9.17) is 5.73 Å². The number of aromatic hydroxyl groups is 1. The fraction of sp³-hybridized carbons (Fsp3) is 0.348. The number of benzene rings is 2. The van der Waals surface area contributed by atoms with Crippen LogP contribution in [-0.4, -0.2) is 29.0 Å². The summed E-state index contributed by atoms with van der Waals surface area (Å²) in [4.78, 5) is 14.3. The molecule has 0 aliphatic carbocycles. The molecule has 1 atom stereocenters. The fourth-order valence-corrected chi connectivity index (χ4v) is 4.17. The highest BCUT2D eigenvalue weighted by atomic mass is 19.1. The van der Waals surface area contributed by atoms with E-state index in [-0.39, 0.29) is 17.2 Å². The molecule has 1 unspecified atom stereocenters. The van der Waals surface area contributed by atoms with Crippen LogP contribution in [0.2, 0.25) is 0 Å². The van der Waals surface area contributed by atoms with Crippen molar-refractivity contribution in [2.45, 2.75) is 38.1 Å². The molecule has 0 aromatic heterocycles. The van der Waals surface area contributed by atoms with Crippen molar-refractivity contribution in [2.75, 3.05) is 13.1 Å². The van der Waals surface area contributed by atoms with Gasteiger partial charge < -0.3 is 15.7 Å². The van der Waals surface area contributed by atoms with E-state index < -0.39 is 17.2 Å². The zero-order valence-electron chi connectivity index (χ0n) is 16.5. The molecule has 2 aromatic rings. The van der Waals surface area contributed by atoms with Gasteiger partial charge in [-0.05, 0) is 73.7 Å². The Hall–Kier alpha value is -2.73. The van der Waals surface area contributed by atoms with Crippen LogP contribution >= 0.6 is 0 Å². The quantitative estimate of drug-likeness (QED) is 0.710. The molecule has 2 aromatic carbocycles. The molecule has 3 rings (SSSR count). The van der Waals surface area contributed by atoms with Crippen LogP contribution in [0.15, 0.2) is 48.5 Å². The van der Waals surface area contributed by atoms with E-state index in [1.165, 1.54) is 13.0 Å². The number of halogens is 2. The van der Waals surface area contributed by atoms with Crippen molar-refractivity contribution in [1.29, 1.82) is 0 Å². The molecule has 0 saturated heterocycles. The van der Waals surface area contributed by atoms with Crippen molar-refractivity contribution in [3.8, 4) is 5.75 Å². The Morgan fingerprint density at radius 2 is 2.00 bits per heavy atom. The topological polar surface area (TPSA) is 66.6 Å².